The lowest BCUT2D eigenvalue weighted by Crippen LogP contribution is -2.28. The van der Waals surface area contributed by atoms with Gasteiger partial charge in [0.15, 0.2) is 11.6 Å². The molecule has 5 aromatic heterocycles. The van der Waals surface area contributed by atoms with E-state index in [1.807, 2.05) is 23.9 Å². The number of nitrogens with one attached hydrogen (secondary N) is 1. The van der Waals surface area contributed by atoms with Crippen LogP contribution in [-0.2, 0) is 7.05 Å². The summed E-state index contributed by atoms with van der Waals surface area (Å²) in [6.07, 6.45) is 5.18. The zero-order valence-corrected chi connectivity index (χ0v) is 23.7. The van der Waals surface area contributed by atoms with E-state index in [4.69, 9.17) is 4.74 Å². The van der Waals surface area contributed by atoms with Crippen LogP contribution >= 0.6 is 22.7 Å². The lowest BCUT2D eigenvalue weighted by atomic mass is 10.2. The molecule has 0 unspecified atom stereocenters. The first-order valence-electron chi connectivity index (χ1n) is 12.7. The number of halogens is 2. The molecule has 212 valence electrons. The lowest BCUT2D eigenvalue weighted by molar-refractivity contribution is 0.102. The number of aryl methyl sites for hydroxylation is 1. The van der Waals surface area contributed by atoms with Crippen LogP contribution in [0.5, 0.6) is 11.5 Å². The fourth-order valence-corrected chi connectivity index (χ4v) is 6.37. The van der Waals surface area contributed by atoms with Crippen molar-refractivity contribution in [2.45, 2.75) is 0 Å². The summed E-state index contributed by atoms with van der Waals surface area (Å²) in [6.45, 7) is 0. The molecule has 0 atom stereocenters. The van der Waals surface area contributed by atoms with E-state index >= 15 is 4.39 Å². The van der Waals surface area contributed by atoms with Crippen molar-refractivity contribution in [1.82, 2.24) is 24.1 Å². The van der Waals surface area contributed by atoms with Gasteiger partial charge in [-0.05, 0) is 48.5 Å². The fourth-order valence-electron chi connectivity index (χ4n) is 4.55. The van der Waals surface area contributed by atoms with Crippen molar-refractivity contribution in [3.05, 3.63) is 112 Å². The molecule has 0 saturated heterocycles. The number of hydrogen-bond acceptors (Lipinski definition) is 8. The molecule has 0 aliphatic heterocycles. The molecule has 0 saturated carbocycles. The Bertz CT molecular complexity index is 2240. The standard InChI is InChI=1S/C30H18F2N6O3S2/c1-37-13-23(34-14-37)26-12-21-27(43-26)25(8-9-33-21)41-24-7-4-17(10-20(24)32)36-28(39)19-11-22-30(42-15-35-22)38(29(19)40)18-5-2-16(31)3-6-18/h2-15H,1H3,(H,36,39). The molecule has 0 spiro atoms. The van der Waals surface area contributed by atoms with Gasteiger partial charge in [0.05, 0.1) is 43.8 Å². The third kappa shape index (κ3) is 4.94. The van der Waals surface area contributed by atoms with E-state index in [9.17, 15) is 14.0 Å². The van der Waals surface area contributed by atoms with Crippen LogP contribution in [0.15, 0.2) is 89.7 Å². The number of rotatable bonds is 6. The van der Waals surface area contributed by atoms with Gasteiger partial charge in [0, 0.05) is 37.3 Å². The van der Waals surface area contributed by atoms with Crippen LogP contribution in [0.4, 0.5) is 14.5 Å². The van der Waals surface area contributed by atoms with Crippen molar-refractivity contribution in [2.24, 2.45) is 7.05 Å². The molecule has 0 aliphatic carbocycles. The lowest BCUT2D eigenvalue weighted by Gasteiger charge is -2.12. The zero-order valence-electron chi connectivity index (χ0n) is 22.1. The highest BCUT2D eigenvalue weighted by Gasteiger charge is 2.20. The largest absolute Gasteiger partial charge is 0.453 e. The summed E-state index contributed by atoms with van der Waals surface area (Å²) < 4.78 is 38.5. The van der Waals surface area contributed by atoms with Gasteiger partial charge >= 0.3 is 0 Å². The number of amides is 1. The predicted octanol–water partition coefficient (Wildman–Crippen LogP) is 6.78. The zero-order chi connectivity index (χ0) is 29.7. The van der Waals surface area contributed by atoms with Gasteiger partial charge in [-0.25, -0.2) is 18.7 Å². The number of thiazole rings is 1. The highest BCUT2D eigenvalue weighted by Crippen LogP contribution is 2.39. The topological polar surface area (TPSA) is 104 Å². The number of carbonyl (C=O) groups excluding carboxylic acids is 1. The molecule has 7 rings (SSSR count). The summed E-state index contributed by atoms with van der Waals surface area (Å²) in [5.41, 5.74) is 3.12. The third-order valence-electron chi connectivity index (χ3n) is 6.57. The Morgan fingerprint density at radius 2 is 1.79 bits per heavy atom. The van der Waals surface area contributed by atoms with Crippen molar-refractivity contribution in [1.29, 1.82) is 0 Å². The molecule has 0 aliphatic rings. The number of aromatic nitrogens is 5. The van der Waals surface area contributed by atoms with Gasteiger partial charge < -0.3 is 14.6 Å². The molecule has 5 heterocycles. The molecule has 43 heavy (non-hydrogen) atoms. The Hall–Kier alpha value is -5.27. The highest BCUT2D eigenvalue weighted by atomic mass is 32.1. The predicted molar refractivity (Wildman–Crippen MR) is 161 cm³/mol. The first-order valence-corrected chi connectivity index (χ1v) is 14.4. The van der Waals surface area contributed by atoms with Gasteiger partial charge in [-0.1, -0.05) is 0 Å². The Labute approximate surface area is 249 Å². The van der Waals surface area contributed by atoms with Gasteiger partial charge in [0.25, 0.3) is 11.5 Å². The minimum atomic E-state index is -0.750. The first kappa shape index (κ1) is 26.6. The van der Waals surface area contributed by atoms with E-state index in [0.717, 1.165) is 21.3 Å². The van der Waals surface area contributed by atoms with E-state index in [1.165, 1.54) is 69.7 Å². The van der Waals surface area contributed by atoms with E-state index in [0.29, 0.717) is 27.3 Å². The van der Waals surface area contributed by atoms with Crippen LogP contribution in [0.25, 0.3) is 36.8 Å². The Morgan fingerprint density at radius 3 is 2.56 bits per heavy atom. The quantitative estimate of drug-likeness (QED) is 0.222. The maximum atomic E-state index is 15.2. The molecule has 2 aromatic carbocycles. The average Bonchev–Trinajstić information content (AvgIpc) is 3.74. The number of ether oxygens (including phenoxy) is 1. The highest BCUT2D eigenvalue weighted by molar-refractivity contribution is 7.22. The van der Waals surface area contributed by atoms with Crippen molar-refractivity contribution in [3.8, 4) is 27.8 Å². The van der Waals surface area contributed by atoms with E-state index in [2.05, 4.69) is 20.3 Å². The van der Waals surface area contributed by atoms with E-state index in [1.54, 1.807) is 24.1 Å². The first-order chi connectivity index (χ1) is 20.8. The summed E-state index contributed by atoms with van der Waals surface area (Å²) >= 11 is 2.64. The van der Waals surface area contributed by atoms with Crippen molar-refractivity contribution in [3.63, 3.8) is 0 Å². The van der Waals surface area contributed by atoms with E-state index < -0.39 is 23.1 Å². The van der Waals surface area contributed by atoms with Crippen LogP contribution in [0, 0.1) is 11.6 Å². The number of nitrogens with zero attached hydrogens (tertiary/aromatic N) is 5. The Morgan fingerprint density at radius 1 is 0.953 bits per heavy atom. The molecular formula is C30H18F2N6O3S2. The Balaban J connectivity index is 1.16. The number of thiophene rings is 1. The maximum Gasteiger partial charge on any atom is 0.269 e. The second-order valence-corrected chi connectivity index (χ2v) is 11.4. The Kier molecular flexibility index (Phi) is 6.52. The molecule has 0 fully saturated rings. The van der Waals surface area contributed by atoms with E-state index in [-0.39, 0.29) is 17.0 Å². The molecule has 9 nitrogen and oxygen atoms in total. The molecule has 13 heteroatoms. The summed E-state index contributed by atoms with van der Waals surface area (Å²) in [5.74, 6) is -1.56. The summed E-state index contributed by atoms with van der Waals surface area (Å²) in [7, 11) is 1.88. The van der Waals surface area contributed by atoms with Crippen molar-refractivity contribution in [2.75, 3.05) is 5.32 Å². The molecule has 1 N–H and O–H groups in total. The number of anilines is 1. The number of benzene rings is 2. The minimum Gasteiger partial charge on any atom is -0.453 e. The molecule has 7 aromatic rings. The molecule has 0 bridgehead atoms. The number of hydrogen-bond donors (Lipinski definition) is 1. The third-order valence-corrected chi connectivity index (χ3v) is 8.55. The fraction of sp³-hybridized carbons (Fsp3) is 0.0333. The second-order valence-electron chi connectivity index (χ2n) is 9.48. The van der Waals surface area contributed by atoms with Gasteiger partial charge in [0.1, 0.15) is 22.0 Å². The monoisotopic (exact) mass is 612 g/mol. The number of imidazole rings is 1. The van der Waals surface area contributed by atoms with Crippen LogP contribution in [0.1, 0.15) is 10.4 Å². The average molecular weight is 613 g/mol. The normalized spacial score (nSPS) is 11.3. The van der Waals surface area contributed by atoms with Crippen LogP contribution < -0.4 is 15.6 Å². The van der Waals surface area contributed by atoms with Crippen molar-refractivity contribution >= 4 is 54.8 Å². The minimum absolute atomic E-state index is 0.0548. The summed E-state index contributed by atoms with van der Waals surface area (Å²) in [4.78, 5) is 41.0. The molecule has 0 radical (unpaired) electrons. The molecular weight excluding hydrogens is 594 g/mol. The van der Waals surface area contributed by atoms with Gasteiger partial charge in [-0.2, -0.15) is 0 Å². The van der Waals surface area contributed by atoms with Gasteiger partial charge in [0.2, 0.25) is 0 Å². The number of fused-ring (bicyclic) bond motifs is 2. The number of carbonyl (C=O) groups is 1. The summed E-state index contributed by atoms with van der Waals surface area (Å²) in [6, 6.07) is 14.2. The van der Waals surface area contributed by atoms with Gasteiger partial charge in [-0.3, -0.25) is 19.1 Å². The van der Waals surface area contributed by atoms with Crippen LogP contribution in [0.2, 0.25) is 0 Å². The van der Waals surface area contributed by atoms with Crippen molar-refractivity contribution < 1.29 is 18.3 Å². The molecule has 1 amide bonds. The second kappa shape index (κ2) is 10.5. The number of pyridine rings is 2. The maximum absolute atomic E-state index is 15.2. The summed E-state index contributed by atoms with van der Waals surface area (Å²) in [5, 5.41) is 2.58. The smallest absolute Gasteiger partial charge is 0.269 e. The SMILES string of the molecule is Cn1cnc(-c2cc3nccc(Oc4ccc(NC(=O)c5cc6ncsc6n(-c6ccc(F)cc6)c5=O)cc4F)c3s2)c1. The van der Waals surface area contributed by atoms with Gasteiger partial charge in [-0.15, -0.1) is 22.7 Å². The van der Waals surface area contributed by atoms with Crippen LogP contribution in [-0.4, -0.2) is 30.0 Å². The van der Waals surface area contributed by atoms with Crippen LogP contribution in [0.3, 0.4) is 0 Å².